The molecule has 0 unspecified atom stereocenters. The number of hydrogen-bond acceptors (Lipinski definition) is 3. The van der Waals surface area contributed by atoms with Crippen LogP contribution in [0.1, 0.15) is 44.9 Å². The number of benzene rings is 1. The molecular weight excluding hydrogens is 350 g/mol. The lowest BCUT2D eigenvalue weighted by atomic mass is 9.79. The SMILES string of the molecule is C#CC(=O)N(c1ccc(NCC2CC2)c(Cl)c1)C1(C(N)=O)CCCCC1. The summed E-state index contributed by atoms with van der Waals surface area (Å²) < 4.78 is 0. The zero-order valence-electron chi connectivity index (χ0n) is 14.8. The smallest absolute Gasteiger partial charge is 0.303 e. The molecule has 2 saturated carbocycles. The van der Waals surface area contributed by atoms with E-state index < -0.39 is 17.4 Å². The van der Waals surface area contributed by atoms with E-state index in [1.54, 1.807) is 12.1 Å². The Labute approximate surface area is 159 Å². The first kappa shape index (κ1) is 18.6. The number of nitrogens with two attached hydrogens (primary N) is 1. The molecule has 0 radical (unpaired) electrons. The molecule has 0 bridgehead atoms. The van der Waals surface area contributed by atoms with Crippen LogP contribution in [0.4, 0.5) is 11.4 Å². The number of terminal acetylenes is 1. The summed E-state index contributed by atoms with van der Waals surface area (Å²) in [6.45, 7) is 0.886. The summed E-state index contributed by atoms with van der Waals surface area (Å²) in [5.74, 6) is 1.77. The van der Waals surface area contributed by atoms with Crippen LogP contribution in [-0.4, -0.2) is 23.9 Å². The van der Waals surface area contributed by atoms with E-state index in [2.05, 4.69) is 11.2 Å². The van der Waals surface area contributed by atoms with Crippen LogP contribution in [0.15, 0.2) is 18.2 Å². The fourth-order valence-corrected chi connectivity index (χ4v) is 3.94. The number of halogens is 1. The normalized spacial score (nSPS) is 18.6. The van der Waals surface area contributed by atoms with E-state index in [4.69, 9.17) is 23.8 Å². The Hall–Kier alpha value is -2.19. The summed E-state index contributed by atoms with van der Waals surface area (Å²) in [5.41, 5.74) is 5.97. The van der Waals surface area contributed by atoms with Gasteiger partial charge in [-0.15, -0.1) is 6.42 Å². The summed E-state index contributed by atoms with van der Waals surface area (Å²) in [5, 5.41) is 3.82. The third-order valence-electron chi connectivity index (χ3n) is 5.38. The van der Waals surface area contributed by atoms with E-state index in [1.807, 2.05) is 6.07 Å². The molecule has 138 valence electrons. The van der Waals surface area contributed by atoms with Gasteiger partial charge in [-0.3, -0.25) is 14.5 Å². The molecule has 26 heavy (non-hydrogen) atoms. The molecule has 2 fully saturated rings. The number of carbonyl (C=O) groups excluding carboxylic acids is 2. The number of nitrogens with zero attached hydrogens (tertiary/aromatic N) is 1. The highest BCUT2D eigenvalue weighted by molar-refractivity contribution is 6.33. The quantitative estimate of drug-likeness (QED) is 0.751. The number of primary amides is 1. The van der Waals surface area contributed by atoms with Crippen molar-refractivity contribution in [3.63, 3.8) is 0 Å². The highest BCUT2D eigenvalue weighted by Crippen LogP contribution is 2.39. The van der Waals surface area contributed by atoms with E-state index in [-0.39, 0.29) is 0 Å². The number of amides is 2. The van der Waals surface area contributed by atoms with Crippen LogP contribution in [0.2, 0.25) is 5.02 Å². The number of nitrogens with one attached hydrogen (secondary N) is 1. The third kappa shape index (κ3) is 3.66. The summed E-state index contributed by atoms with van der Waals surface area (Å²) in [7, 11) is 0. The van der Waals surface area contributed by atoms with Crippen molar-refractivity contribution in [3.8, 4) is 12.3 Å². The van der Waals surface area contributed by atoms with Crippen molar-refractivity contribution in [1.29, 1.82) is 0 Å². The molecule has 0 spiro atoms. The van der Waals surface area contributed by atoms with Crippen molar-refractivity contribution in [3.05, 3.63) is 23.2 Å². The summed E-state index contributed by atoms with van der Waals surface area (Å²) in [6.07, 6.45) is 11.6. The zero-order chi connectivity index (χ0) is 18.7. The average Bonchev–Trinajstić information content (AvgIpc) is 3.46. The van der Waals surface area contributed by atoms with Crippen molar-refractivity contribution in [2.24, 2.45) is 11.7 Å². The van der Waals surface area contributed by atoms with Gasteiger partial charge in [0.05, 0.1) is 10.7 Å². The molecule has 5 nitrogen and oxygen atoms in total. The van der Waals surface area contributed by atoms with Crippen molar-refractivity contribution in [2.75, 3.05) is 16.8 Å². The average molecular weight is 374 g/mol. The van der Waals surface area contributed by atoms with Gasteiger partial charge < -0.3 is 11.1 Å². The minimum absolute atomic E-state index is 0.494. The van der Waals surface area contributed by atoms with Gasteiger partial charge in [-0.2, -0.15) is 0 Å². The predicted molar refractivity (Wildman–Crippen MR) is 104 cm³/mol. The molecule has 0 aliphatic heterocycles. The summed E-state index contributed by atoms with van der Waals surface area (Å²) >= 11 is 6.42. The van der Waals surface area contributed by atoms with Gasteiger partial charge in [0.2, 0.25) is 5.91 Å². The molecule has 0 aromatic heterocycles. The molecule has 3 rings (SSSR count). The Bertz CT molecular complexity index is 746. The summed E-state index contributed by atoms with van der Waals surface area (Å²) in [4.78, 5) is 26.3. The first-order valence-corrected chi connectivity index (χ1v) is 9.50. The number of rotatable bonds is 6. The second-order valence-electron chi connectivity index (χ2n) is 7.23. The predicted octanol–water partition coefficient (Wildman–Crippen LogP) is 3.32. The lowest BCUT2D eigenvalue weighted by Gasteiger charge is -2.43. The molecule has 2 aliphatic rings. The second kappa shape index (κ2) is 7.59. The molecule has 6 heteroatoms. The van der Waals surface area contributed by atoms with Gasteiger partial charge in [0, 0.05) is 12.2 Å². The van der Waals surface area contributed by atoms with Gasteiger partial charge in [0.15, 0.2) is 0 Å². The lowest BCUT2D eigenvalue weighted by Crippen LogP contribution is -2.60. The van der Waals surface area contributed by atoms with Crippen molar-refractivity contribution in [2.45, 2.75) is 50.5 Å². The molecule has 0 atom stereocenters. The number of carbonyl (C=O) groups is 2. The molecule has 1 aromatic carbocycles. The van der Waals surface area contributed by atoms with Gasteiger partial charge in [0.25, 0.3) is 0 Å². The Morgan fingerprint density at radius 1 is 1.31 bits per heavy atom. The van der Waals surface area contributed by atoms with Crippen LogP contribution in [0.5, 0.6) is 0 Å². The second-order valence-corrected chi connectivity index (χ2v) is 7.64. The molecule has 0 saturated heterocycles. The molecule has 0 heterocycles. The van der Waals surface area contributed by atoms with E-state index >= 15 is 0 Å². The fraction of sp³-hybridized carbons (Fsp3) is 0.500. The maximum Gasteiger partial charge on any atom is 0.303 e. The van der Waals surface area contributed by atoms with Gasteiger partial charge in [-0.25, -0.2) is 0 Å². The topological polar surface area (TPSA) is 75.4 Å². The maximum atomic E-state index is 12.6. The first-order valence-electron chi connectivity index (χ1n) is 9.12. The number of hydrogen-bond donors (Lipinski definition) is 2. The Balaban J connectivity index is 1.94. The Morgan fingerprint density at radius 3 is 2.54 bits per heavy atom. The molecule has 2 amide bonds. The van der Waals surface area contributed by atoms with Crippen LogP contribution < -0.4 is 16.0 Å². The van der Waals surface area contributed by atoms with E-state index in [9.17, 15) is 9.59 Å². The highest BCUT2D eigenvalue weighted by atomic mass is 35.5. The van der Waals surface area contributed by atoms with Crippen LogP contribution in [0.25, 0.3) is 0 Å². The van der Waals surface area contributed by atoms with Crippen LogP contribution in [0.3, 0.4) is 0 Å². The first-order chi connectivity index (χ1) is 12.5. The van der Waals surface area contributed by atoms with Gasteiger partial charge in [-0.05, 0) is 55.7 Å². The molecule has 2 aliphatic carbocycles. The van der Waals surface area contributed by atoms with Gasteiger partial charge in [-0.1, -0.05) is 30.9 Å². The van der Waals surface area contributed by atoms with Gasteiger partial charge >= 0.3 is 5.91 Å². The highest BCUT2D eigenvalue weighted by Gasteiger charge is 2.46. The minimum atomic E-state index is -1.09. The van der Waals surface area contributed by atoms with Crippen molar-refractivity contribution < 1.29 is 9.59 Å². The standard InChI is InChI=1S/C20H24ClN3O2/c1-2-18(25)24(20(19(22)26)10-4-3-5-11-20)15-8-9-17(16(21)12-15)23-13-14-6-7-14/h1,8-9,12,14,23H,3-7,10-11,13H2,(H2,22,26). The maximum absolute atomic E-state index is 12.6. The zero-order valence-corrected chi connectivity index (χ0v) is 15.5. The molecule has 1 aromatic rings. The third-order valence-corrected chi connectivity index (χ3v) is 5.70. The van der Waals surface area contributed by atoms with E-state index in [1.165, 1.54) is 17.7 Å². The largest absolute Gasteiger partial charge is 0.384 e. The Kier molecular flexibility index (Phi) is 5.43. The van der Waals surface area contributed by atoms with Crippen LogP contribution in [0, 0.1) is 18.3 Å². The Morgan fingerprint density at radius 2 is 2.00 bits per heavy atom. The lowest BCUT2D eigenvalue weighted by molar-refractivity contribution is -0.127. The van der Waals surface area contributed by atoms with E-state index in [0.717, 1.165) is 31.5 Å². The summed E-state index contributed by atoms with van der Waals surface area (Å²) in [6, 6.07) is 5.29. The van der Waals surface area contributed by atoms with Crippen molar-refractivity contribution in [1.82, 2.24) is 0 Å². The van der Waals surface area contributed by atoms with Crippen LogP contribution in [-0.2, 0) is 9.59 Å². The number of anilines is 2. The molecular formula is C20H24ClN3O2. The monoisotopic (exact) mass is 373 g/mol. The fourth-order valence-electron chi connectivity index (χ4n) is 3.70. The van der Waals surface area contributed by atoms with E-state index in [0.29, 0.717) is 29.5 Å². The van der Waals surface area contributed by atoms with Crippen molar-refractivity contribution >= 4 is 34.8 Å². The molecule has 3 N–H and O–H groups in total. The minimum Gasteiger partial charge on any atom is -0.384 e. The van der Waals surface area contributed by atoms with Crippen LogP contribution >= 0.6 is 11.6 Å². The van der Waals surface area contributed by atoms with Gasteiger partial charge in [0.1, 0.15) is 5.54 Å².